The molecular weight excluding hydrogens is 184 g/mol. The average Bonchev–Trinajstić information content (AvgIpc) is 2.92. The van der Waals surface area contributed by atoms with Gasteiger partial charge in [-0.3, -0.25) is 9.59 Å². The SMILES string of the molecule is CCC[C@H]1CC1(C(=O)OC)C(=O)OC. The molecule has 0 amide bonds. The van der Waals surface area contributed by atoms with Crippen LogP contribution in [0.3, 0.4) is 0 Å². The highest BCUT2D eigenvalue weighted by atomic mass is 16.5. The molecular formula is C10H16O4. The highest BCUT2D eigenvalue weighted by molar-refractivity contribution is 6.03. The minimum Gasteiger partial charge on any atom is -0.468 e. The van der Waals surface area contributed by atoms with Crippen LogP contribution in [0.4, 0.5) is 0 Å². The van der Waals surface area contributed by atoms with Crippen molar-refractivity contribution in [2.75, 3.05) is 14.2 Å². The van der Waals surface area contributed by atoms with Crippen molar-refractivity contribution in [2.45, 2.75) is 26.2 Å². The number of carbonyl (C=O) groups is 2. The maximum Gasteiger partial charge on any atom is 0.323 e. The topological polar surface area (TPSA) is 52.6 Å². The van der Waals surface area contributed by atoms with Gasteiger partial charge >= 0.3 is 11.9 Å². The minimum absolute atomic E-state index is 0.104. The second-order valence-electron chi connectivity index (χ2n) is 3.64. The third-order valence-electron chi connectivity index (χ3n) is 2.84. The first kappa shape index (κ1) is 11.0. The quantitative estimate of drug-likeness (QED) is 0.504. The van der Waals surface area contributed by atoms with E-state index in [1.807, 2.05) is 6.92 Å². The summed E-state index contributed by atoms with van der Waals surface area (Å²) in [6.07, 6.45) is 2.39. The molecule has 4 nitrogen and oxygen atoms in total. The summed E-state index contributed by atoms with van der Waals surface area (Å²) >= 11 is 0. The van der Waals surface area contributed by atoms with Crippen molar-refractivity contribution in [3.63, 3.8) is 0 Å². The molecule has 80 valence electrons. The van der Waals surface area contributed by atoms with E-state index in [1.54, 1.807) is 0 Å². The minimum atomic E-state index is -0.987. The largest absolute Gasteiger partial charge is 0.468 e. The zero-order chi connectivity index (χ0) is 10.8. The van der Waals surface area contributed by atoms with Crippen LogP contribution in [0, 0.1) is 11.3 Å². The van der Waals surface area contributed by atoms with Crippen LogP contribution in [0.5, 0.6) is 0 Å². The zero-order valence-corrected chi connectivity index (χ0v) is 8.83. The summed E-state index contributed by atoms with van der Waals surface area (Å²) in [5.74, 6) is -0.807. The Morgan fingerprint density at radius 1 is 1.29 bits per heavy atom. The molecule has 0 aromatic rings. The molecule has 0 radical (unpaired) electrons. The molecule has 1 aliphatic carbocycles. The van der Waals surface area contributed by atoms with Crippen LogP contribution in [0.2, 0.25) is 0 Å². The van der Waals surface area contributed by atoms with Gasteiger partial charge in [0.1, 0.15) is 0 Å². The molecule has 0 N–H and O–H groups in total. The Labute approximate surface area is 83.6 Å². The number of hydrogen-bond acceptors (Lipinski definition) is 4. The lowest BCUT2D eigenvalue weighted by atomic mass is 10.0. The van der Waals surface area contributed by atoms with Crippen molar-refractivity contribution in [3.8, 4) is 0 Å². The fraction of sp³-hybridized carbons (Fsp3) is 0.800. The number of esters is 2. The van der Waals surface area contributed by atoms with Crippen LogP contribution < -0.4 is 0 Å². The van der Waals surface area contributed by atoms with Gasteiger partial charge in [0, 0.05) is 0 Å². The Bertz CT molecular complexity index is 231. The van der Waals surface area contributed by atoms with Crippen molar-refractivity contribution in [1.82, 2.24) is 0 Å². The van der Waals surface area contributed by atoms with Crippen molar-refractivity contribution in [3.05, 3.63) is 0 Å². The molecule has 1 rings (SSSR count). The van der Waals surface area contributed by atoms with Gasteiger partial charge in [0.15, 0.2) is 5.41 Å². The molecule has 0 heterocycles. The van der Waals surface area contributed by atoms with Crippen molar-refractivity contribution >= 4 is 11.9 Å². The molecule has 0 spiro atoms. The van der Waals surface area contributed by atoms with E-state index in [4.69, 9.17) is 0 Å². The lowest BCUT2D eigenvalue weighted by Crippen LogP contribution is -2.30. The van der Waals surface area contributed by atoms with Crippen molar-refractivity contribution < 1.29 is 19.1 Å². The molecule has 0 bridgehead atoms. The molecule has 0 unspecified atom stereocenters. The van der Waals surface area contributed by atoms with Crippen LogP contribution in [0.1, 0.15) is 26.2 Å². The molecule has 1 fully saturated rings. The summed E-state index contributed by atoms with van der Waals surface area (Å²) in [5, 5.41) is 0. The maximum atomic E-state index is 11.5. The highest BCUT2D eigenvalue weighted by Crippen LogP contribution is 2.56. The van der Waals surface area contributed by atoms with Gasteiger partial charge in [-0.05, 0) is 18.8 Å². The van der Waals surface area contributed by atoms with Crippen LogP contribution in [0.25, 0.3) is 0 Å². The second kappa shape index (κ2) is 3.98. The van der Waals surface area contributed by atoms with Gasteiger partial charge in [0.25, 0.3) is 0 Å². The van der Waals surface area contributed by atoms with E-state index in [-0.39, 0.29) is 5.92 Å². The highest BCUT2D eigenvalue weighted by Gasteiger charge is 2.67. The average molecular weight is 200 g/mol. The summed E-state index contributed by atoms with van der Waals surface area (Å²) in [6, 6.07) is 0. The lowest BCUT2D eigenvalue weighted by molar-refractivity contribution is -0.162. The number of rotatable bonds is 4. The monoisotopic (exact) mass is 200 g/mol. The van der Waals surface area contributed by atoms with E-state index in [2.05, 4.69) is 9.47 Å². The zero-order valence-electron chi connectivity index (χ0n) is 8.83. The Morgan fingerprint density at radius 3 is 2.14 bits per heavy atom. The van der Waals surface area contributed by atoms with Crippen LogP contribution in [-0.4, -0.2) is 26.2 Å². The first-order valence-corrected chi connectivity index (χ1v) is 4.80. The standard InChI is InChI=1S/C10H16O4/c1-4-5-7-6-10(7,8(11)13-2)9(12)14-3/h7H,4-6H2,1-3H3/t7-/m0/s1. The molecule has 0 saturated heterocycles. The Kier molecular flexibility index (Phi) is 3.13. The summed E-state index contributed by atoms with van der Waals surface area (Å²) in [4.78, 5) is 22.9. The molecule has 1 saturated carbocycles. The van der Waals surface area contributed by atoms with Crippen molar-refractivity contribution in [2.24, 2.45) is 11.3 Å². The molecule has 0 aromatic heterocycles. The summed E-state index contributed by atoms with van der Waals surface area (Å²) in [6.45, 7) is 2.03. The van der Waals surface area contributed by atoms with Gasteiger partial charge in [-0.2, -0.15) is 0 Å². The number of methoxy groups -OCH3 is 2. The predicted molar refractivity (Wildman–Crippen MR) is 49.5 cm³/mol. The molecule has 1 atom stereocenters. The van der Waals surface area contributed by atoms with E-state index in [9.17, 15) is 9.59 Å². The van der Waals surface area contributed by atoms with Crippen LogP contribution in [-0.2, 0) is 19.1 Å². The first-order chi connectivity index (χ1) is 6.63. The van der Waals surface area contributed by atoms with Gasteiger partial charge in [-0.15, -0.1) is 0 Å². The molecule has 1 aliphatic rings. The van der Waals surface area contributed by atoms with Crippen LogP contribution >= 0.6 is 0 Å². The van der Waals surface area contributed by atoms with E-state index in [0.29, 0.717) is 6.42 Å². The van der Waals surface area contributed by atoms with Gasteiger partial charge in [0.05, 0.1) is 14.2 Å². The molecule has 0 aliphatic heterocycles. The summed E-state index contributed by atoms with van der Waals surface area (Å²) in [5.41, 5.74) is -0.987. The van der Waals surface area contributed by atoms with Crippen molar-refractivity contribution in [1.29, 1.82) is 0 Å². The third kappa shape index (κ3) is 1.49. The normalized spacial score (nSPS) is 22.6. The maximum absolute atomic E-state index is 11.5. The fourth-order valence-electron chi connectivity index (χ4n) is 1.97. The Morgan fingerprint density at radius 2 is 1.79 bits per heavy atom. The number of carbonyl (C=O) groups excluding carboxylic acids is 2. The Hall–Kier alpha value is -1.06. The summed E-state index contributed by atoms with van der Waals surface area (Å²) < 4.78 is 9.27. The smallest absolute Gasteiger partial charge is 0.323 e. The number of ether oxygens (including phenoxy) is 2. The molecule has 14 heavy (non-hydrogen) atoms. The first-order valence-electron chi connectivity index (χ1n) is 4.80. The predicted octanol–water partition coefficient (Wildman–Crippen LogP) is 1.14. The number of hydrogen-bond donors (Lipinski definition) is 0. The van der Waals surface area contributed by atoms with Crippen LogP contribution in [0.15, 0.2) is 0 Å². The lowest BCUT2D eigenvalue weighted by Gasteiger charge is -2.11. The fourth-order valence-corrected chi connectivity index (χ4v) is 1.97. The third-order valence-corrected chi connectivity index (χ3v) is 2.84. The van der Waals surface area contributed by atoms with Gasteiger partial charge in [0.2, 0.25) is 0 Å². The van der Waals surface area contributed by atoms with E-state index >= 15 is 0 Å². The van der Waals surface area contributed by atoms with Gasteiger partial charge in [-0.25, -0.2) is 0 Å². The van der Waals surface area contributed by atoms with Gasteiger partial charge < -0.3 is 9.47 Å². The van der Waals surface area contributed by atoms with E-state index < -0.39 is 17.4 Å². The van der Waals surface area contributed by atoms with Gasteiger partial charge in [-0.1, -0.05) is 13.3 Å². The Balaban J connectivity index is 2.75. The second-order valence-corrected chi connectivity index (χ2v) is 3.64. The van der Waals surface area contributed by atoms with E-state index in [0.717, 1.165) is 12.8 Å². The molecule has 0 aromatic carbocycles. The summed E-state index contributed by atoms with van der Waals surface area (Å²) in [7, 11) is 2.60. The molecule has 4 heteroatoms. The van der Waals surface area contributed by atoms with E-state index in [1.165, 1.54) is 14.2 Å².